The van der Waals surface area contributed by atoms with Gasteiger partial charge in [0, 0.05) is 6.61 Å². The first kappa shape index (κ1) is 10.9. The molecule has 68 valence electrons. The van der Waals surface area contributed by atoms with Crippen molar-refractivity contribution in [2.75, 3.05) is 19.8 Å². The molecule has 0 aromatic carbocycles. The molecule has 2 N–H and O–H groups in total. The van der Waals surface area contributed by atoms with Gasteiger partial charge in [0.25, 0.3) is 0 Å². The predicted molar refractivity (Wildman–Crippen MR) is 45.4 cm³/mol. The van der Waals surface area contributed by atoms with Crippen molar-refractivity contribution in [3.8, 4) is 0 Å². The third-order valence-electron chi connectivity index (χ3n) is 1.31. The largest absolute Gasteiger partial charge is 0.392 e. The molecular formula is C8H19NO2. The summed E-state index contributed by atoms with van der Waals surface area (Å²) in [6.45, 7) is 5.80. The molecule has 0 saturated heterocycles. The van der Waals surface area contributed by atoms with Crippen molar-refractivity contribution in [2.24, 2.45) is 0 Å². The Morgan fingerprint density at radius 2 is 2.09 bits per heavy atom. The van der Waals surface area contributed by atoms with Gasteiger partial charge in [0.15, 0.2) is 0 Å². The number of hydrogen-bond acceptors (Lipinski definition) is 3. The maximum Gasteiger partial charge on any atom is 0.131 e. The van der Waals surface area contributed by atoms with E-state index >= 15 is 0 Å². The zero-order valence-electron chi connectivity index (χ0n) is 7.47. The normalized spacial score (nSPS) is 13.4. The van der Waals surface area contributed by atoms with Crippen LogP contribution in [0.1, 0.15) is 26.7 Å². The molecule has 0 saturated carbocycles. The third kappa shape index (κ3) is 6.28. The van der Waals surface area contributed by atoms with Gasteiger partial charge in [-0.3, -0.25) is 5.32 Å². The van der Waals surface area contributed by atoms with E-state index in [1.165, 1.54) is 0 Å². The molecule has 1 atom stereocenters. The first-order chi connectivity index (χ1) is 5.35. The van der Waals surface area contributed by atoms with Crippen molar-refractivity contribution in [1.82, 2.24) is 5.32 Å². The fourth-order valence-electron chi connectivity index (χ4n) is 0.742. The van der Waals surface area contributed by atoms with Crippen LogP contribution in [0.4, 0.5) is 0 Å². The van der Waals surface area contributed by atoms with E-state index in [1.54, 1.807) is 0 Å². The Hall–Kier alpha value is -0.120. The highest BCUT2D eigenvalue weighted by Crippen LogP contribution is 1.88. The van der Waals surface area contributed by atoms with Gasteiger partial charge in [0.2, 0.25) is 0 Å². The Balaban J connectivity index is 3.25. The highest BCUT2D eigenvalue weighted by Gasteiger charge is 2.03. The van der Waals surface area contributed by atoms with Crippen molar-refractivity contribution in [3.63, 3.8) is 0 Å². The molecule has 11 heavy (non-hydrogen) atoms. The zero-order valence-corrected chi connectivity index (χ0v) is 7.47. The molecule has 0 aromatic rings. The second-order valence-electron chi connectivity index (χ2n) is 2.50. The van der Waals surface area contributed by atoms with Crippen LogP contribution in [-0.2, 0) is 4.74 Å². The molecule has 3 heteroatoms. The van der Waals surface area contributed by atoms with Gasteiger partial charge in [-0.1, -0.05) is 13.8 Å². The Morgan fingerprint density at radius 1 is 1.36 bits per heavy atom. The average molecular weight is 161 g/mol. The summed E-state index contributed by atoms with van der Waals surface area (Å²) < 4.78 is 5.28. The minimum absolute atomic E-state index is 0.0556. The van der Waals surface area contributed by atoms with Gasteiger partial charge in [-0.2, -0.15) is 0 Å². The lowest BCUT2D eigenvalue weighted by atomic mass is 10.4. The topological polar surface area (TPSA) is 41.5 Å². The van der Waals surface area contributed by atoms with Crippen molar-refractivity contribution >= 4 is 0 Å². The van der Waals surface area contributed by atoms with Crippen molar-refractivity contribution in [2.45, 2.75) is 32.9 Å². The summed E-state index contributed by atoms with van der Waals surface area (Å²) in [6.07, 6.45) is 1.88. The van der Waals surface area contributed by atoms with Crippen LogP contribution < -0.4 is 5.32 Å². The van der Waals surface area contributed by atoms with E-state index in [0.29, 0.717) is 6.61 Å². The quantitative estimate of drug-likeness (QED) is 0.541. The van der Waals surface area contributed by atoms with E-state index < -0.39 is 0 Å². The second-order valence-corrected chi connectivity index (χ2v) is 2.50. The SMILES string of the molecule is CCCNC(CO)OCCC. The number of hydrogen-bond donors (Lipinski definition) is 2. The van der Waals surface area contributed by atoms with Crippen molar-refractivity contribution in [3.05, 3.63) is 0 Å². The average Bonchev–Trinajstić information content (AvgIpc) is 2.05. The van der Waals surface area contributed by atoms with Gasteiger partial charge >= 0.3 is 0 Å². The van der Waals surface area contributed by atoms with Gasteiger partial charge in [-0.15, -0.1) is 0 Å². The molecule has 0 bridgehead atoms. The van der Waals surface area contributed by atoms with Gasteiger partial charge in [0.05, 0.1) is 6.61 Å². The molecule has 0 heterocycles. The monoisotopic (exact) mass is 161 g/mol. The first-order valence-electron chi connectivity index (χ1n) is 4.31. The molecule has 0 amide bonds. The molecular weight excluding hydrogens is 142 g/mol. The summed E-state index contributed by atoms with van der Waals surface area (Å²) in [7, 11) is 0. The van der Waals surface area contributed by atoms with Gasteiger partial charge in [0.1, 0.15) is 6.23 Å². The Bertz CT molecular complexity index is 70.5. The van der Waals surface area contributed by atoms with E-state index in [4.69, 9.17) is 9.84 Å². The molecule has 0 rings (SSSR count). The maximum absolute atomic E-state index is 8.79. The lowest BCUT2D eigenvalue weighted by Crippen LogP contribution is -2.35. The van der Waals surface area contributed by atoms with Crippen LogP contribution in [-0.4, -0.2) is 31.1 Å². The molecule has 0 radical (unpaired) electrons. The van der Waals surface area contributed by atoms with Crippen molar-refractivity contribution in [1.29, 1.82) is 0 Å². The zero-order chi connectivity index (χ0) is 8.53. The molecule has 0 aromatic heterocycles. The van der Waals surface area contributed by atoms with Gasteiger partial charge in [-0.05, 0) is 19.4 Å². The summed E-state index contributed by atoms with van der Waals surface area (Å²) in [4.78, 5) is 0. The van der Waals surface area contributed by atoms with E-state index in [0.717, 1.165) is 19.4 Å². The van der Waals surface area contributed by atoms with Crippen molar-refractivity contribution < 1.29 is 9.84 Å². The molecule has 0 aliphatic rings. The Kier molecular flexibility index (Phi) is 7.89. The van der Waals surface area contributed by atoms with Gasteiger partial charge < -0.3 is 9.84 Å². The molecule has 3 nitrogen and oxygen atoms in total. The van der Waals surface area contributed by atoms with E-state index in [2.05, 4.69) is 12.2 Å². The molecule has 0 aliphatic carbocycles. The number of aliphatic hydroxyl groups is 1. The summed E-state index contributed by atoms with van der Waals surface area (Å²) in [5, 5.41) is 11.9. The lowest BCUT2D eigenvalue weighted by molar-refractivity contribution is -0.00734. The predicted octanol–water partition coefficient (Wildman–Crippen LogP) is 0.731. The fraction of sp³-hybridized carbons (Fsp3) is 1.00. The van der Waals surface area contributed by atoms with Crippen LogP contribution in [0.2, 0.25) is 0 Å². The Labute approximate surface area is 68.8 Å². The van der Waals surface area contributed by atoms with E-state index in [9.17, 15) is 0 Å². The lowest BCUT2D eigenvalue weighted by Gasteiger charge is -2.15. The fourth-order valence-corrected chi connectivity index (χ4v) is 0.742. The minimum Gasteiger partial charge on any atom is -0.392 e. The standard InChI is InChI=1S/C8H19NO2/c1-3-5-9-8(7-10)11-6-4-2/h8-10H,3-7H2,1-2H3. The number of ether oxygens (including phenoxy) is 1. The van der Waals surface area contributed by atoms with E-state index in [1.807, 2.05) is 6.92 Å². The van der Waals surface area contributed by atoms with Crippen LogP contribution in [0.25, 0.3) is 0 Å². The number of rotatable bonds is 7. The maximum atomic E-state index is 8.79. The first-order valence-corrected chi connectivity index (χ1v) is 4.31. The molecule has 0 spiro atoms. The smallest absolute Gasteiger partial charge is 0.131 e. The van der Waals surface area contributed by atoms with Crippen LogP contribution in [0, 0.1) is 0 Å². The second kappa shape index (κ2) is 7.98. The molecule has 0 fully saturated rings. The highest BCUT2D eigenvalue weighted by molar-refractivity contribution is 4.51. The van der Waals surface area contributed by atoms with Crippen LogP contribution in [0.5, 0.6) is 0 Å². The summed E-state index contributed by atoms with van der Waals surface area (Å²) in [5.41, 5.74) is 0. The number of nitrogens with one attached hydrogen (secondary N) is 1. The summed E-state index contributed by atoms with van der Waals surface area (Å²) >= 11 is 0. The summed E-state index contributed by atoms with van der Waals surface area (Å²) in [6, 6.07) is 0. The van der Waals surface area contributed by atoms with Gasteiger partial charge in [-0.25, -0.2) is 0 Å². The van der Waals surface area contributed by atoms with Crippen LogP contribution >= 0.6 is 0 Å². The molecule has 0 aliphatic heterocycles. The van der Waals surface area contributed by atoms with E-state index in [-0.39, 0.29) is 12.8 Å². The number of aliphatic hydroxyl groups excluding tert-OH is 1. The molecule has 1 unspecified atom stereocenters. The third-order valence-corrected chi connectivity index (χ3v) is 1.31. The van der Waals surface area contributed by atoms with Crippen LogP contribution in [0.3, 0.4) is 0 Å². The highest BCUT2D eigenvalue weighted by atomic mass is 16.5. The Morgan fingerprint density at radius 3 is 2.55 bits per heavy atom. The summed E-state index contributed by atoms with van der Waals surface area (Å²) in [5.74, 6) is 0. The minimum atomic E-state index is -0.171. The van der Waals surface area contributed by atoms with Crippen LogP contribution in [0.15, 0.2) is 0 Å².